The number of carbonyl (C=O) groups excluding carboxylic acids is 1. The van der Waals surface area contributed by atoms with Gasteiger partial charge in [0.05, 0.1) is 24.9 Å². The number of benzene rings is 1. The second kappa shape index (κ2) is 13.6. The number of carbonyl (C=O) groups is 1. The molecule has 0 heterocycles. The molecule has 1 saturated carbocycles. The molecule has 1 aliphatic rings. The Bertz CT molecular complexity index is 764. The Labute approximate surface area is 194 Å². The average molecular weight is 469 g/mol. The molecular weight excluding hydrogens is 436 g/mol. The summed E-state index contributed by atoms with van der Waals surface area (Å²) in [5.41, 5.74) is 0. The lowest BCUT2D eigenvalue weighted by atomic mass is 9.90. The molecule has 3 unspecified atom stereocenters. The van der Waals surface area contributed by atoms with E-state index in [9.17, 15) is 20.1 Å². The molecule has 5 atom stereocenters. The fraction of sp³-hybridized carbons (Fsp3) is 0.542. The van der Waals surface area contributed by atoms with Gasteiger partial charge in [0, 0.05) is 17.4 Å². The fourth-order valence-electron chi connectivity index (χ4n) is 3.59. The van der Waals surface area contributed by atoms with E-state index < -0.39 is 24.3 Å². The van der Waals surface area contributed by atoms with Crippen molar-refractivity contribution in [2.45, 2.75) is 51.1 Å². The Morgan fingerprint density at radius 3 is 2.75 bits per heavy atom. The molecule has 178 valence electrons. The number of esters is 1. The largest absolute Gasteiger partial charge is 0.491 e. The topological polar surface area (TPSA) is 105 Å². The monoisotopic (exact) mass is 468 g/mol. The Kier molecular flexibility index (Phi) is 11.2. The summed E-state index contributed by atoms with van der Waals surface area (Å²) in [6.45, 7) is 3.72. The van der Waals surface area contributed by atoms with Crippen molar-refractivity contribution in [2.75, 3.05) is 19.8 Å². The van der Waals surface area contributed by atoms with Crippen molar-refractivity contribution >= 4 is 17.6 Å². The molecule has 0 radical (unpaired) electrons. The predicted octanol–water partition coefficient (Wildman–Crippen LogP) is 2.91. The minimum Gasteiger partial charge on any atom is -0.491 e. The Balaban J connectivity index is 1.78. The van der Waals surface area contributed by atoms with Crippen molar-refractivity contribution < 1.29 is 34.3 Å². The average Bonchev–Trinajstić information content (AvgIpc) is 2.99. The molecule has 7 nitrogen and oxygen atoms in total. The first-order chi connectivity index (χ1) is 15.3. The van der Waals surface area contributed by atoms with Crippen LogP contribution in [0.25, 0.3) is 0 Å². The second-order valence-corrected chi connectivity index (χ2v) is 8.53. The molecule has 0 amide bonds. The summed E-state index contributed by atoms with van der Waals surface area (Å²) >= 11 is 5.91. The van der Waals surface area contributed by atoms with Crippen molar-refractivity contribution in [3.05, 3.63) is 53.6 Å². The summed E-state index contributed by atoms with van der Waals surface area (Å²) in [7, 11) is 0. The van der Waals surface area contributed by atoms with E-state index in [-0.39, 0.29) is 44.2 Å². The highest BCUT2D eigenvalue weighted by molar-refractivity contribution is 6.30. The van der Waals surface area contributed by atoms with Gasteiger partial charge in [0.25, 0.3) is 0 Å². The maximum absolute atomic E-state index is 11.4. The number of aliphatic hydroxyl groups is 3. The second-order valence-electron chi connectivity index (χ2n) is 8.09. The zero-order chi connectivity index (χ0) is 23.5. The molecule has 2 rings (SSSR count). The number of allylic oxidation sites excluding steroid dienone is 1. The van der Waals surface area contributed by atoms with Crippen molar-refractivity contribution in [1.29, 1.82) is 0 Å². The number of hydrogen-bond acceptors (Lipinski definition) is 7. The highest BCUT2D eigenvalue weighted by Gasteiger charge is 2.39. The zero-order valence-corrected chi connectivity index (χ0v) is 19.2. The van der Waals surface area contributed by atoms with E-state index in [1.54, 1.807) is 56.3 Å². The van der Waals surface area contributed by atoms with Crippen LogP contribution in [0.2, 0.25) is 5.02 Å². The smallest absolute Gasteiger partial charge is 0.332 e. The van der Waals surface area contributed by atoms with Gasteiger partial charge in [0.2, 0.25) is 0 Å². The maximum Gasteiger partial charge on any atom is 0.332 e. The summed E-state index contributed by atoms with van der Waals surface area (Å²) < 4.78 is 15.7. The highest BCUT2D eigenvalue weighted by atomic mass is 35.5. The third kappa shape index (κ3) is 9.30. The number of aliphatic hydroxyl groups excluding tert-OH is 3. The first kappa shape index (κ1) is 26.4. The Hall–Kier alpha value is -1.90. The van der Waals surface area contributed by atoms with Gasteiger partial charge in [0.15, 0.2) is 0 Å². The molecule has 0 aliphatic heterocycles. The van der Waals surface area contributed by atoms with Gasteiger partial charge in [-0.25, -0.2) is 4.79 Å². The Morgan fingerprint density at radius 1 is 1.25 bits per heavy atom. The number of halogens is 1. The minimum atomic E-state index is -0.867. The number of hydrogen-bond donors (Lipinski definition) is 3. The molecule has 1 aromatic carbocycles. The zero-order valence-electron chi connectivity index (χ0n) is 18.5. The van der Waals surface area contributed by atoms with E-state index >= 15 is 0 Å². The van der Waals surface area contributed by atoms with Gasteiger partial charge in [-0.1, -0.05) is 42.0 Å². The summed E-state index contributed by atoms with van der Waals surface area (Å²) in [5.74, 6) is -0.336. The molecule has 1 aliphatic carbocycles. The predicted molar refractivity (Wildman–Crippen MR) is 122 cm³/mol. The molecule has 0 saturated heterocycles. The molecule has 1 fully saturated rings. The van der Waals surface area contributed by atoms with Crippen LogP contribution in [-0.4, -0.2) is 65.5 Å². The maximum atomic E-state index is 11.4. The van der Waals surface area contributed by atoms with Gasteiger partial charge in [-0.2, -0.15) is 0 Å². The van der Waals surface area contributed by atoms with E-state index in [0.717, 1.165) is 0 Å². The minimum absolute atomic E-state index is 0.0450. The molecule has 3 N–H and O–H groups in total. The quantitative estimate of drug-likeness (QED) is 0.246. The summed E-state index contributed by atoms with van der Waals surface area (Å²) in [6.07, 6.45) is 5.38. The normalized spacial score (nSPS) is 24.5. The van der Waals surface area contributed by atoms with E-state index in [2.05, 4.69) is 0 Å². The molecule has 8 heteroatoms. The summed E-state index contributed by atoms with van der Waals surface area (Å²) in [6, 6.07) is 6.91. The van der Waals surface area contributed by atoms with E-state index in [1.165, 1.54) is 0 Å². The van der Waals surface area contributed by atoms with Gasteiger partial charge < -0.3 is 29.5 Å². The van der Waals surface area contributed by atoms with Crippen molar-refractivity contribution in [1.82, 2.24) is 0 Å². The standard InChI is InChI=1S/C24H33ClO7/c1-16(2)32-24(29)15-30-11-4-3-8-20-21(23(28)13-22(20)27)10-9-18(26)14-31-19-7-5-6-17(25)12-19/h3-7,9-10,12,16,18,20-23,26-28H,8,11,13-15H2,1-2H3/t18?,20-,21-,22?,23?/m1/s1. The molecule has 0 bridgehead atoms. The van der Waals surface area contributed by atoms with Gasteiger partial charge >= 0.3 is 5.97 Å². The molecule has 32 heavy (non-hydrogen) atoms. The van der Waals surface area contributed by atoms with Crippen molar-refractivity contribution in [3.8, 4) is 5.75 Å². The SMILES string of the molecule is CC(C)OC(=O)COCC=CC[C@H]1C(O)CC(O)[C@@H]1C=CC(O)COc1cccc(Cl)c1. The first-order valence-corrected chi connectivity index (χ1v) is 11.2. The highest BCUT2D eigenvalue weighted by Crippen LogP contribution is 2.36. The van der Waals surface area contributed by atoms with Crippen LogP contribution < -0.4 is 4.74 Å². The first-order valence-electron chi connectivity index (χ1n) is 10.8. The third-order valence-electron chi connectivity index (χ3n) is 5.06. The lowest BCUT2D eigenvalue weighted by molar-refractivity contribution is -0.152. The van der Waals surface area contributed by atoms with Gasteiger partial charge in [-0.3, -0.25) is 0 Å². The van der Waals surface area contributed by atoms with Crippen LogP contribution in [0.1, 0.15) is 26.7 Å². The van der Waals surface area contributed by atoms with E-state index in [1.807, 2.05) is 6.08 Å². The van der Waals surface area contributed by atoms with Crippen LogP contribution in [0.5, 0.6) is 5.75 Å². The van der Waals surface area contributed by atoms with E-state index in [0.29, 0.717) is 17.2 Å². The van der Waals surface area contributed by atoms with Gasteiger partial charge in [0.1, 0.15) is 25.1 Å². The van der Waals surface area contributed by atoms with Crippen LogP contribution in [0.15, 0.2) is 48.6 Å². The van der Waals surface area contributed by atoms with E-state index in [4.69, 9.17) is 25.8 Å². The number of rotatable bonds is 12. The van der Waals surface area contributed by atoms with Crippen LogP contribution in [0.4, 0.5) is 0 Å². The lowest BCUT2D eigenvalue weighted by Gasteiger charge is -2.19. The summed E-state index contributed by atoms with van der Waals surface area (Å²) in [5, 5.41) is 31.4. The molecule has 0 spiro atoms. The third-order valence-corrected chi connectivity index (χ3v) is 5.30. The molecule has 1 aromatic rings. The summed E-state index contributed by atoms with van der Waals surface area (Å²) in [4.78, 5) is 11.4. The Morgan fingerprint density at radius 2 is 2.03 bits per heavy atom. The van der Waals surface area contributed by atoms with Crippen LogP contribution in [0, 0.1) is 11.8 Å². The fourth-order valence-corrected chi connectivity index (χ4v) is 3.77. The van der Waals surface area contributed by atoms with Gasteiger partial charge in [-0.05, 0) is 44.4 Å². The number of ether oxygens (including phenoxy) is 3. The molecular formula is C24H33ClO7. The van der Waals surface area contributed by atoms with Crippen molar-refractivity contribution in [3.63, 3.8) is 0 Å². The molecule has 0 aromatic heterocycles. The van der Waals surface area contributed by atoms with Gasteiger partial charge in [-0.15, -0.1) is 0 Å². The van der Waals surface area contributed by atoms with Crippen LogP contribution >= 0.6 is 11.6 Å². The van der Waals surface area contributed by atoms with Crippen LogP contribution in [0.3, 0.4) is 0 Å². The van der Waals surface area contributed by atoms with Crippen molar-refractivity contribution in [2.24, 2.45) is 11.8 Å². The lowest BCUT2D eigenvalue weighted by Crippen LogP contribution is -2.21. The van der Waals surface area contributed by atoms with Crippen LogP contribution in [-0.2, 0) is 14.3 Å².